The zero-order chi connectivity index (χ0) is 26.0. The van der Waals surface area contributed by atoms with Crippen molar-refractivity contribution in [3.05, 3.63) is 77.9 Å². The van der Waals surface area contributed by atoms with Gasteiger partial charge in [0.15, 0.2) is 9.84 Å². The van der Waals surface area contributed by atoms with E-state index in [-0.39, 0.29) is 23.7 Å². The number of nitrogens with one attached hydrogen (secondary N) is 2. The molecule has 0 spiro atoms. The van der Waals surface area contributed by atoms with E-state index in [9.17, 15) is 18.0 Å². The minimum Gasteiger partial charge on any atom is -0.481 e. The predicted octanol–water partition coefficient (Wildman–Crippen LogP) is 2.58. The van der Waals surface area contributed by atoms with Gasteiger partial charge in [0.1, 0.15) is 11.7 Å². The number of aliphatic carboxylic acids is 1. The molecular weight excluding hydrogens is 482 g/mol. The Hall–Kier alpha value is -4.51. The molecule has 5 N–H and O–H groups in total. The number of rotatable bonds is 8. The van der Waals surface area contributed by atoms with Crippen molar-refractivity contribution in [3.63, 3.8) is 0 Å². The summed E-state index contributed by atoms with van der Waals surface area (Å²) in [5.41, 5.74) is 8.79. The summed E-state index contributed by atoms with van der Waals surface area (Å²) < 4.78 is 26.2. The fourth-order valence-corrected chi connectivity index (χ4v) is 4.37. The quantitative estimate of drug-likeness (QED) is 0.211. The second kappa shape index (κ2) is 9.62. The van der Waals surface area contributed by atoms with Crippen molar-refractivity contribution in [1.82, 2.24) is 14.9 Å². The van der Waals surface area contributed by atoms with E-state index in [0.29, 0.717) is 39.2 Å². The number of benzene rings is 3. The number of amidine groups is 1. The molecule has 4 rings (SSSR count). The number of carboxylic acids is 1. The molecule has 0 aliphatic rings. The summed E-state index contributed by atoms with van der Waals surface area (Å²) in [6.45, 7) is -0.00727. The minimum atomic E-state index is -3.46. The molecule has 0 aliphatic carbocycles. The van der Waals surface area contributed by atoms with Gasteiger partial charge in [0.25, 0.3) is 5.91 Å². The molecule has 0 radical (unpaired) electrons. The third-order valence-corrected chi connectivity index (χ3v) is 6.61. The molecule has 0 bridgehead atoms. The van der Waals surface area contributed by atoms with Crippen LogP contribution in [-0.2, 0) is 14.6 Å². The lowest BCUT2D eigenvalue weighted by Crippen LogP contribution is -2.25. The number of imidazole rings is 1. The first-order valence-corrected chi connectivity index (χ1v) is 12.7. The van der Waals surface area contributed by atoms with Gasteiger partial charge in [0.2, 0.25) is 0 Å². The number of sulfone groups is 1. The molecule has 184 valence electrons. The highest BCUT2D eigenvalue weighted by molar-refractivity contribution is 7.90. The molecule has 0 fully saturated rings. The Labute approximate surface area is 206 Å². The molecule has 1 aromatic heterocycles. The number of carboxylic acid groups (broad SMARTS) is 1. The van der Waals surface area contributed by atoms with Crippen LogP contribution in [0.15, 0.2) is 71.6 Å². The first-order valence-electron chi connectivity index (χ1n) is 10.8. The first-order chi connectivity index (χ1) is 17.0. The zero-order valence-electron chi connectivity index (χ0n) is 19.2. The van der Waals surface area contributed by atoms with E-state index in [0.717, 1.165) is 6.26 Å². The Bertz CT molecular complexity index is 1610. The van der Waals surface area contributed by atoms with Gasteiger partial charge in [-0.25, -0.2) is 13.4 Å². The Kier molecular flexibility index (Phi) is 6.58. The summed E-state index contributed by atoms with van der Waals surface area (Å²) in [6.07, 6.45) is 0.939. The minimum absolute atomic E-state index is 0.00727. The number of fused-ring (bicyclic) bond motifs is 1. The Morgan fingerprint density at radius 2 is 1.75 bits per heavy atom. The van der Waals surface area contributed by atoms with Gasteiger partial charge in [-0.05, 0) is 36.4 Å². The number of nitrogens with two attached hydrogens (primary N) is 1. The second-order valence-electron chi connectivity index (χ2n) is 8.13. The number of amides is 1. The molecule has 0 aliphatic heterocycles. The van der Waals surface area contributed by atoms with Gasteiger partial charge in [0, 0.05) is 35.2 Å². The van der Waals surface area contributed by atoms with Crippen molar-refractivity contribution >= 4 is 38.6 Å². The molecule has 1 heterocycles. The van der Waals surface area contributed by atoms with Crippen LogP contribution in [-0.4, -0.2) is 53.6 Å². The van der Waals surface area contributed by atoms with E-state index in [1.807, 2.05) is 0 Å². The highest BCUT2D eigenvalue weighted by Crippen LogP contribution is 2.30. The first kappa shape index (κ1) is 24.6. The van der Waals surface area contributed by atoms with Crippen LogP contribution < -0.4 is 11.1 Å². The number of hydrogen-bond donors (Lipinski definition) is 4. The Morgan fingerprint density at radius 3 is 2.39 bits per heavy atom. The third-order valence-electron chi connectivity index (χ3n) is 5.50. The number of carbonyl (C=O) groups is 2. The van der Waals surface area contributed by atoms with E-state index in [1.165, 1.54) is 6.07 Å². The standard InChI is InChI=1S/C25H23N5O5S/c1-36(34,35)19-4-2-3-18(14-19)30-21-10-9-17(25(33)28-12-11-22(31)32)13-20(21)29-24(30)16-7-5-15(6-8-16)23(26)27/h2-10,13-14H,11-12H2,1H3,(H3,26,27)(H,28,33)(H,31,32). The van der Waals surface area contributed by atoms with Crippen LogP contribution in [0.3, 0.4) is 0 Å². The lowest BCUT2D eigenvalue weighted by atomic mass is 10.1. The van der Waals surface area contributed by atoms with Crippen molar-refractivity contribution in [2.45, 2.75) is 11.3 Å². The fourth-order valence-electron chi connectivity index (χ4n) is 3.71. The molecule has 10 nitrogen and oxygen atoms in total. The van der Waals surface area contributed by atoms with Crippen molar-refractivity contribution in [1.29, 1.82) is 5.41 Å². The van der Waals surface area contributed by atoms with Crippen molar-refractivity contribution in [3.8, 4) is 17.1 Å². The van der Waals surface area contributed by atoms with Gasteiger partial charge < -0.3 is 16.2 Å². The molecule has 11 heteroatoms. The summed E-state index contributed by atoms with van der Waals surface area (Å²) in [7, 11) is -3.46. The van der Waals surface area contributed by atoms with Crippen LogP contribution in [0.5, 0.6) is 0 Å². The topological polar surface area (TPSA) is 168 Å². The van der Waals surface area contributed by atoms with E-state index in [1.54, 1.807) is 65.2 Å². The number of aromatic nitrogens is 2. The van der Waals surface area contributed by atoms with Crippen molar-refractivity contribution in [2.75, 3.05) is 12.8 Å². The van der Waals surface area contributed by atoms with Crippen LogP contribution in [0, 0.1) is 5.41 Å². The number of nitrogens with zero attached hydrogens (tertiary/aromatic N) is 2. The van der Waals surface area contributed by atoms with Gasteiger partial charge in [0.05, 0.1) is 22.3 Å². The van der Waals surface area contributed by atoms with E-state index in [2.05, 4.69) is 5.32 Å². The SMILES string of the molecule is CS(=O)(=O)c1cccc(-n2c(-c3ccc(C(=N)N)cc3)nc3cc(C(=O)NCCC(=O)O)ccc32)c1. The molecule has 1 amide bonds. The van der Waals surface area contributed by atoms with E-state index < -0.39 is 21.7 Å². The smallest absolute Gasteiger partial charge is 0.305 e. The van der Waals surface area contributed by atoms with Gasteiger partial charge in [-0.2, -0.15) is 0 Å². The van der Waals surface area contributed by atoms with Crippen LogP contribution in [0.1, 0.15) is 22.3 Å². The van der Waals surface area contributed by atoms with Crippen LogP contribution >= 0.6 is 0 Å². The summed E-state index contributed by atoms with van der Waals surface area (Å²) >= 11 is 0. The van der Waals surface area contributed by atoms with Gasteiger partial charge in [-0.3, -0.25) is 19.6 Å². The largest absolute Gasteiger partial charge is 0.481 e. The summed E-state index contributed by atoms with van der Waals surface area (Å²) in [5, 5.41) is 19.0. The monoisotopic (exact) mass is 505 g/mol. The van der Waals surface area contributed by atoms with Gasteiger partial charge in [-0.15, -0.1) is 0 Å². The Morgan fingerprint density at radius 1 is 1.06 bits per heavy atom. The zero-order valence-corrected chi connectivity index (χ0v) is 20.0. The molecule has 36 heavy (non-hydrogen) atoms. The van der Waals surface area contributed by atoms with Crippen LogP contribution in [0.25, 0.3) is 28.1 Å². The maximum Gasteiger partial charge on any atom is 0.305 e. The normalized spacial score (nSPS) is 11.4. The van der Waals surface area contributed by atoms with E-state index >= 15 is 0 Å². The van der Waals surface area contributed by atoms with Crippen LogP contribution in [0.4, 0.5) is 0 Å². The van der Waals surface area contributed by atoms with Crippen molar-refractivity contribution in [2.24, 2.45) is 5.73 Å². The maximum absolute atomic E-state index is 12.5. The molecule has 0 saturated carbocycles. The average Bonchev–Trinajstić information content (AvgIpc) is 3.22. The van der Waals surface area contributed by atoms with Crippen LogP contribution in [0.2, 0.25) is 0 Å². The molecule has 4 aromatic rings. The number of hydrogen-bond acceptors (Lipinski definition) is 6. The molecule has 0 atom stereocenters. The molecular formula is C25H23N5O5S. The summed E-state index contributed by atoms with van der Waals surface area (Å²) in [6, 6.07) is 18.3. The van der Waals surface area contributed by atoms with Gasteiger partial charge in [-0.1, -0.05) is 30.3 Å². The second-order valence-corrected chi connectivity index (χ2v) is 10.2. The highest BCUT2D eigenvalue weighted by atomic mass is 32.2. The molecule has 3 aromatic carbocycles. The summed E-state index contributed by atoms with van der Waals surface area (Å²) in [5.74, 6) is -1.02. The summed E-state index contributed by atoms with van der Waals surface area (Å²) in [4.78, 5) is 28.1. The predicted molar refractivity (Wildman–Crippen MR) is 135 cm³/mol. The lowest BCUT2D eigenvalue weighted by molar-refractivity contribution is -0.136. The maximum atomic E-state index is 12.5. The number of nitrogen functional groups attached to an aromatic ring is 1. The van der Waals surface area contributed by atoms with E-state index in [4.69, 9.17) is 21.2 Å². The molecule has 0 unspecified atom stereocenters. The highest BCUT2D eigenvalue weighted by Gasteiger charge is 2.18. The average molecular weight is 506 g/mol. The lowest BCUT2D eigenvalue weighted by Gasteiger charge is -2.11. The Balaban J connectivity index is 1.86. The third kappa shape index (κ3) is 5.10. The van der Waals surface area contributed by atoms with Gasteiger partial charge >= 0.3 is 5.97 Å². The number of carbonyl (C=O) groups excluding carboxylic acids is 1. The molecule has 0 saturated heterocycles. The fraction of sp³-hybridized carbons (Fsp3) is 0.120. The van der Waals surface area contributed by atoms with Crippen molar-refractivity contribution < 1.29 is 23.1 Å².